The molecule has 0 aliphatic heterocycles. The lowest BCUT2D eigenvalue weighted by atomic mass is 9.82. The third-order valence-corrected chi connectivity index (χ3v) is 14.0. The Morgan fingerprint density at radius 1 is 0.304 bits per heavy atom. The van der Waals surface area contributed by atoms with E-state index in [-0.39, 0.29) is 5.41 Å². The Morgan fingerprint density at radius 3 is 1.30 bits per heavy atom. The quantitative estimate of drug-likeness (QED) is 0.0997. The van der Waals surface area contributed by atoms with Gasteiger partial charge in [0.2, 0.25) is 0 Å². The monoisotopic (exact) mass is 882 g/mol. The number of anilines is 6. The Morgan fingerprint density at radius 2 is 0.725 bits per heavy atom. The van der Waals surface area contributed by atoms with Crippen molar-refractivity contribution in [3.05, 3.63) is 277 Å². The summed E-state index contributed by atoms with van der Waals surface area (Å²) in [5.74, 6) is 0. The van der Waals surface area contributed by atoms with Crippen LogP contribution in [0.25, 0.3) is 67.1 Å². The standard InChI is InChI=1S/C67H50N2/c1-67(2)64-24-14-13-22-61(64)62-44-43-58(46-65(62)67)69(66-45-53-15-9-10-20-59(53)60-21-11-12-23-63(60)66)57-41-37-52(38-42-57)50-33-29-48(30-34-50)26-25-47-27-31-49(32-28-47)51-35-39-56(40-36-51)68(54-16-5-3-6-17-54)55-18-7-4-8-19-55/h3-46H,1-2H3/b26-25+. The third kappa shape index (κ3) is 7.76. The van der Waals surface area contributed by atoms with Gasteiger partial charge in [-0.25, -0.2) is 0 Å². The molecule has 1 aliphatic carbocycles. The maximum absolute atomic E-state index is 2.46. The van der Waals surface area contributed by atoms with Gasteiger partial charge >= 0.3 is 0 Å². The number of hydrogen-bond acceptors (Lipinski definition) is 2. The molecule has 328 valence electrons. The van der Waals surface area contributed by atoms with Gasteiger partial charge in [0.15, 0.2) is 0 Å². The van der Waals surface area contributed by atoms with Crippen molar-refractivity contribution in [3.8, 4) is 33.4 Å². The minimum absolute atomic E-state index is 0.112. The van der Waals surface area contributed by atoms with Crippen LogP contribution < -0.4 is 9.80 Å². The molecule has 0 fully saturated rings. The zero-order valence-corrected chi connectivity index (χ0v) is 38.8. The molecule has 0 amide bonds. The van der Waals surface area contributed by atoms with E-state index >= 15 is 0 Å². The van der Waals surface area contributed by atoms with Crippen molar-refractivity contribution in [2.75, 3.05) is 9.80 Å². The molecule has 0 heterocycles. The maximum atomic E-state index is 2.46. The minimum Gasteiger partial charge on any atom is -0.311 e. The van der Waals surface area contributed by atoms with Gasteiger partial charge in [0.1, 0.15) is 0 Å². The fraction of sp³-hybridized carbons (Fsp3) is 0.0448. The highest BCUT2D eigenvalue weighted by molar-refractivity contribution is 6.14. The molecule has 2 nitrogen and oxygen atoms in total. The molecule has 2 heteroatoms. The molecule has 11 aromatic rings. The van der Waals surface area contributed by atoms with Crippen LogP contribution >= 0.6 is 0 Å². The summed E-state index contributed by atoms with van der Waals surface area (Å²) in [4.78, 5) is 4.75. The Balaban J connectivity index is 0.798. The maximum Gasteiger partial charge on any atom is 0.0546 e. The first-order chi connectivity index (χ1) is 34.0. The van der Waals surface area contributed by atoms with Crippen molar-refractivity contribution in [1.82, 2.24) is 0 Å². The highest BCUT2D eigenvalue weighted by Gasteiger charge is 2.36. The van der Waals surface area contributed by atoms with E-state index in [1.165, 1.54) is 71.7 Å². The summed E-state index contributed by atoms with van der Waals surface area (Å²) in [5, 5.41) is 4.97. The zero-order chi connectivity index (χ0) is 46.3. The lowest BCUT2D eigenvalue weighted by molar-refractivity contribution is 0.660. The summed E-state index contributed by atoms with van der Waals surface area (Å²) >= 11 is 0. The molecule has 0 atom stereocenters. The summed E-state index contributed by atoms with van der Waals surface area (Å²) < 4.78 is 0. The van der Waals surface area contributed by atoms with E-state index in [1.54, 1.807) is 0 Å². The van der Waals surface area contributed by atoms with E-state index in [2.05, 4.69) is 291 Å². The van der Waals surface area contributed by atoms with Crippen LogP contribution in [0.4, 0.5) is 34.1 Å². The average Bonchev–Trinajstić information content (AvgIpc) is 3.64. The molecule has 12 rings (SSSR count). The van der Waals surface area contributed by atoms with E-state index in [0.29, 0.717) is 0 Å². The highest BCUT2D eigenvalue weighted by Crippen LogP contribution is 2.51. The summed E-state index contributed by atoms with van der Waals surface area (Å²) in [6, 6.07) is 92.6. The second-order valence-corrected chi connectivity index (χ2v) is 18.6. The molecule has 0 spiro atoms. The predicted octanol–water partition coefficient (Wildman–Crippen LogP) is 18.7. The molecule has 1 aliphatic rings. The minimum atomic E-state index is -0.112. The summed E-state index contributed by atoms with van der Waals surface area (Å²) in [6.45, 7) is 4.72. The number of hydrogen-bond donors (Lipinski definition) is 0. The molecule has 0 bridgehead atoms. The third-order valence-electron chi connectivity index (χ3n) is 14.0. The van der Waals surface area contributed by atoms with E-state index in [1.807, 2.05) is 0 Å². The number of para-hydroxylation sites is 2. The van der Waals surface area contributed by atoms with Gasteiger partial charge in [0.05, 0.1) is 5.69 Å². The van der Waals surface area contributed by atoms with Gasteiger partial charge in [-0.1, -0.05) is 214 Å². The first kappa shape index (κ1) is 41.7. The van der Waals surface area contributed by atoms with Crippen molar-refractivity contribution in [2.24, 2.45) is 0 Å². The van der Waals surface area contributed by atoms with Crippen molar-refractivity contribution in [1.29, 1.82) is 0 Å². The van der Waals surface area contributed by atoms with Crippen LogP contribution in [-0.2, 0) is 5.41 Å². The lowest BCUT2D eigenvalue weighted by Crippen LogP contribution is -2.16. The van der Waals surface area contributed by atoms with Crippen LogP contribution in [0.2, 0.25) is 0 Å². The molecule has 0 saturated carbocycles. The lowest BCUT2D eigenvalue weighted by Gasteiger charge is -2.29. The van der Waals surface area contributed by atoms with Crippen LogP contribution in [-0.4, -0.2) is 0 Å². The molecule has 0 saturated heterocycles. The number of nitrogens with zero attached hydrogens (tertiary/aromatic N) is 2. The van der Waals surface area contributed by atoms with E-state index in [9.17, 15) is 0 Å². The normalized spacial score (nSPS) is 12.6. The van der Waals surface area contributed by atoms with Crippen LogP contribution in [0.3, 0.4) is 0 Å². The van der Waals surface area contributed by atoms with Crippen LogP contribution in [0, 0.1) is 0 Å². The van der Waals surface area contributed by atoms with E-state index in [0.717, 1.165) is 39.6 Å². The van der Waals surface area contributed by atoms with Gasteiger partial charge < -0.3 is 9.80 Å². The molecule has 0 N–H and O–H groups in total. The molecule has 11 aromatic carbocycles. The fourth-order valence-corrected chi connectivity index (χ4v) is 10.5. The first-order valence-corrected chi connectivity index (χ1v) is 23.9. The van der Waals surface area contributed by atoms with E-state index < -0.39 is 0 Å². The number of benzene rings is 11. The summed E-state index contributed by atoms with van der Waals surface area (Å²) in [5.41, 5.74) is 19.2. The molecule has 0 radical (unpaired) electrons. The van der Waals surface area contributed by atoms with Crippen LogP contribution in [0.5, 0.6) is 0 Å². The Labute approximate surface area is 405 Å². The van der Waals surface area contributed by atoms with Gasteiger partial charge in [-0.05, 0) is 139 Å². The largest absolute Gasteiger partial charge is 0.311 e. The van der Waals surface area contributed by atoms with E-state index in [4.69, 9.17) is 0 Å². The molecule has 0 aromatic heterocycles. The molecular weight excluding hydrogens is 833 g/mol. The molecular formula is C67H50N2. The van der Waals surface area contributed by atoms with Crippen LogP contribution in [0.15, 0.2) is 255 Å². The summed E-state index contributed by atoms with van der Waals surface area (Å²) in [7, 11) is 0. The van der Waals surface area contributed by atoms with Gasteiger partial charge in [-0.3, -0.25) is 0 Å². The van der Waals surface area contributed by atoms with Gasteiger partial charge in [0.25, 0.3) is 0 Å². The van der Waals surface area contributed by atoms with Crippen molar-refractivity contribution in [2.45, 2.75) is 19.3 Å². The number of fused-ring (bicyclic) bond motifs is 6. The molecule has 0 unspecified atom stereocenters. The SMILES string of the molecule is CC1(C)c2ccccc2-c2ccc(N(c3ccc(-c4ccc(/C=C/c5ccc(-c6ccc(N(c7ccccc7)c7ccccc7)cc6)cc5)cc4)cc3)c3cc4ccccc4c4ccccc34)cc21. The zero-order valence-electron chi connectivity index (χ0n) is 38.8. The molecule has 69 heavy (non-hydrogen) atoms. The smallest absolute Gasteiger partial charge is 0.0546 e. The Hall–Kier alpha value is -8.72. The fourth-order valence-electron chi connectivity index (χ4n) is 10.5. The highest BCUT2D eigenvalue weighted by atomic mass is 15.1. The second kappa shape index (κ2) is 17.5. The second-order valence-electron chi connectivity index (χ2n) is 18.6. The van der Waals surface area contributed by atoms with Gasteiger partial charge in [0, 0.05) is 39.2 Å². The van der Waals surface area contributed by atoms with Crippen molar-refractivity contribution >= 4 is 67.8 Å². The van der Waals surface area contributed by atoms with Crippen molar-refractivity contribution < 1.29 is 0 Å². The average molecular weight is 883 g/mol. The van der Waals surface area contributed by atoms with Gasteiger partial charge in [-0.2, -0.15) is 0 Å². The summed E-state index contributed by atoms with van der Waals surface area (Å²) in [6.07, 6.45) is 4.39. The first-order valence-electron chi connectivity index (χ1n) is 23.9. The van der Waals surface area contributed by atoms with Crippen LogP contribution in [0.1, 0.15) is 36.1 Å². The predicted molar refractivity (Wildman–Crippen MR) is 295 cm³/mol. The Bertz CT molecular complexity index is 3610. The number of rotatable bonds is 10. The van der Waals surface area contributed by atoms with Crippen molar-refractivity contribution in [3.63, 3.8) is 0 Å². The van der Waals surface area contributed by atoms with Gasteiger partial charge in [-0.15, -0.1) is 0 Å². The Kier molecular flexibility index (Phi) is 10.6. The topological polar surface area (TPSA) is 6.48 Å².